The number of nitrogens with one attached hydrogen (secondary N) is 1. The minimum Gasteiger partial charge on any atom is -0.462 e. The van der Waals surface area contributed by atoms with Crippen LogP contribution in [0.2, 0.25) is 0 Å². The molecule has 0 saturated carbocycles. The molecule has 1 aliphatic rings. The second-order valence-electron chi connectivity index (χ2n) is 7.85. The van der Waals surface area contributed by atoms with Crippen molar-refractivity contribution in [1.82, 2.24) is 15.1 Å². The van der Waals surface area contributed by atoms with Gasteiger partial charge in [0.05, 0.1) is 18.7 Å². The van der Waals surface area contributed by atoms with E-state index in [0.717, 1.165) is 25.9 Å². The van der Waals surface area contributed by atoms with E-state index < -0.39 is 0 Å². The molecule has 4 rings (SSSR count). The molecule has 1 aliphatic heterocycles. The Bertz CT molecular complexity index is 1090. The molecular weight excluding hydrogens is 427 g/mol. The molecule has 0 spiro atoms. The Morgan fingerprint density at radius 2 is 1.79 bits per heavy atom. The van der Waals surface area contributed by atoms with Crippen LogP contribution >= 0.6 is 0 Å². The van der Waals surface area contributed by atoms with Crippen LogP contribution < -0.4 is 5.32 Å². The summed E-state index contributed by atoms with van der Waals surface area (Å²) < 4.78 is 23.9. The number of carbonyl (C=O) groups excluding carboxylic acids is 2. The maximum Gasteiger partial charge on any atom is 0.338 e. The van der Waals surface area contributed by atoms with Crippen LogP contribution in [0.25, 0.3) is 11.5 Å². The molecule has 33 heavy (non-hydrogen) atoms. The summed E-state index contributed by atoms with van der Waals surface area (Å²) in [6.07, 6.45) is 1.60. The molecule has 0 bridgehead atoms. The molecule has 1 saturated heterocycles. The standard InChI is InChI=1S/C24H25FN4O4/c1-2-32-24(31)18-5-9-20(10-6-18)26-21(30)15-29-13-11-17(12-14-29)23-28-27-22(33-23)16-3-7-19(25)8-4-16/h3-10,17H,2,11-15H2,1H3,(H,26,30). The highest BCUT2D eigenvalue weighted by atomic mass is 19.1. The highest BCUT2D eigenvalue weighted by molar-refractivity contribution is 5.94. The van der Waals surface area contributed by atoms with Crippen LogP contribution in [0.4, 0.5) is 10.1 Å². The summed E-state index contributed by atoms with van der Waals surface area (Å²) in [4.78, 5) is 26.2. The normalized spacial score (nSPS) is 14.7. The van der Waals surface area contributed by atoms with Gasteiger partial charge in [-0.2, -0.15) is 0 Å². The average Bonchev–Trinajstić information content (AvgIpc) is 3.31. The first-order valence-corrected chi connectivity index (χ1v) is 10.9. The van der Waals surface area contributed by atoms with Gasteiger partial charge in [0.15, 0.2) is 0 Å². The molecule has 1 fully saturated rings. The van der Waals surface area contributed by atoms with Crippen molar-refractivity contribution in [1.29, 1.82) is 0 Å². The summed E-state index contributed by atoms with van der Waals surface area (Å²) in [5.41, 5.74) is 1.75. The molecule has 8 nitrogen and oxygen atoms in total. The van der Waals surface area contributed by atoms with Gasteiger partial charge < -0.3 is 14.5 Å². The summed E-state index contributed by atoms with van der Waals surface area (Å²) in [6, 6.07) is 12.6. The zero-order valence-electron chi connectivity index (χ0n) is 18.3. The van der Waals surface area contributed by atoms with E-state index in [1.54, 1.807) is 43.3 Å². The third kappa shape index (κ3) is 5.81. The third-order valence-electron chi connectivity index (χ3n) is 5.52. The monoisotopic (exact) mass is 452 g/mol. The highest BCUT2D eigenvalue weighted by Crippen LogP contribution is 2.29. The van der Waals surface area contributed by atoms with Gasteiger partial charge in [-0.3, -0.25) is 9.69 Å². The van der Waals surface area contributed by atoms with Crippen molar-refractivity contribution in [3.63, 3.8) is 0 Å². The van der Waals surface area contributed by atoms with Gasteiger partial charge in [-0.15, -0.1) is 10.2 Å². The molecule has 0 aliphatic carbocycles. The maximum atomic E-state index is 13.1. The van der Waals surface area contributed by atoms with Crippen molar-refractivity contribution < 1.29 is 23.1 Å². The van der Waals surface area contributed by atoms with Gasteiger partial charge in [-0.05, 0) is 81.4 Å². The number of anilines is 1. The van der Waals surface area contributed by atoms with Gasteiger partial charge in [0.1, 0.15) is 5.82 Å². The number of halogens is 1. The Balaban J connectivity index is 1.25. The second kappa shape index (κ2) is 10.4. The fourth-order valence-electron chi connectivity index (χ4n) is 3.75. The topological polar surface area (TPSA) is 97.6 Å². The molecule has 9 heteroatoms. The van der Waals surface area contributed by atoms with E-state index in [-0.39, 0.29) is 30.2 Å². The summed E-state index contributed by atoms with van der Waals surface area (Å²) in [5, 5.41) is 11.1. The molecule has 3 aromatic rings. The van der Waals surface area contributed by atoms with Crippen molar-refractivity contribution >= 4 is 17.6 Å². The first-order valence-electron chi connectivity index (χ1n) is 10.9. The second-order valence-corrected chi connectivity index (χ2v) is 7.85. The lowest BCUT2D eigenvalue weighted by molar-refractivity contribution is -0.117. The number of benzene rings is 2. The maximum absolute atomic E-state index is 13.1. The van der Waals surface area contributed by atoms with E-state index in [0.29, 0.717) is 35.2 Å². The van der Waals surface area contributed by atoms with Crippen molar-refractivity contribution in [3.8, 4) is 11.5 Å². The number of hydrogen-bond acceptors (Lipinski definition) is 7. The quantitative estimate of drug-likeness (QED) is 0.544. The minimum atomic E-state index is -0.385. The predicted molar refractivity (Wildman–Crippen MR) is 119 cm³/mol. The molecule has 1 N–H and O–H groups in total. The van der Waals surface area contributed by atoms with E-state index in [1.165, 1.54) is 12.1 Å². The molecule has 2 heterocycles. The van der Waals surface area contributed by atoms with Gasteiger partial charge in [-0.1, -0.05) is 0 Å². The first kappa shape index (κ1) is 22.6. The van der Waals surface area contributed by atoms with Crippen LogP contribution in [0.15, 0.2) is 52.9 Å². The molecule has 0 unspecified atom stereocenters. The van der Waals surface area contributed by atoms with Gasteiger partial charge in [0, 0.05) is 17.2 Å². The van der Waals surface area contributed by atoms with E-state index in [9.17, 15) is 14.0 Å². The van der Waals surface area contributed by atoms with E-state index in [2.05, 4.69) is 20.4 Å². The predicted octanol–water partition coefficient (Wildman–Crippen LogP) is 3.87. The van der Waals surface area contributed by atoms with Crippen LogP contribution in [0.5, 0.6) is 0 Å². The Hall–Kier alpha value is -3.59. The lowest BCUT2D eigenvalue weighted by Crippen LogP contribution is -2.38. The van der Waals surface area contributed by atoms with Crippen LogP contribution in [0.1, 0.15) is 41.9 Å². The zero-order chi connectivity index (χ0) is 23.2. The van der Waals surface area contributed by atoms with E-state index in [1.807, 2.05) is 0 Å². The van der Waals surface area contributed by atoms with Crippen molar-refractivity contribution in [2.24, 2.45) is 0 Å². The summed E-state index contributed by atoms with van der Waals surface area (Å²) in [5.74, 6) is 0.254. The van der Waals surface area contributed by atoms with Crippen LogP contribution in [0, 0.1) is 5.82 Å². The Morgan fingerprint density at radius 3 is 2.45 bits per heavy atom. The Morgan fingerprint density at radius 1 is 1.09 bits per heavy atom. The highest BCUT2D eigenvalue weighted by Gasteiger charge is 2.26. The molecule has 0 atom stereocenters. The number of amides is 1. The third-order valence-corrected chi connectivity index (χ3v) is 5.52. The zero-order valence-corrected chi connectivity index (χ0v) is 18.3. The van der Waals surface area contributed by atoms with Crippen LogP contribution in [-0.2, 0) is 9.53 Å². The largest absolute Gasteiger partial charge is 0.462 e. The summed E-state index contributed by atoms with van der Waals surface area (Å²) in [6.45, 7) is 3.80. The van der Waals surface area contributed by atoms with Crippen molar-refractivity contribution in [3.05, 3.63) is 65.8 Å². The summed E-state index contributed by atoms with van der Waals surface area (Å²) in [7, 11) is 0. The van der Waals surface area contributed by atoms with Crippen molar-refractivity contribution in [2.45, 2.75) is 25.7 Å². The smallest absolute Gasteiger partial charge is 0.338 e. The number of nitrogens with zero attached hydrogens (tertiary/aromatic N) is 3. The lowest BCUT2D eigenvalue weighted by Gasteiger charge is -2.29. The number of ether oxygens (including phenoxy) is 1. The van der Waals surface area contributed by atoms with Crippen molar-refractivity contribution in [2.75, 3.05) is 31.6 Å². The van der Waals surface area contributed by atoms with E-state index >= 15 is 0 Å². The first-order chi connectivity index (χ1) is 16.0. The molecular formula is C24H25FN4O4. The minimum absolute atomic E-state index is 0.117. The number of aromatic nitrogens is 2. The van der Waals surface area contributed by atoms with Gasteiger partial charge in [0.2, 0.25) is 17.7 Å². The molecule has 2 aromatic carbocycles. The molecule has 0 radical (unpaired) electrons. The van der Waals surface area contributed by atoms with Gasteiger partial charge in [-0.25, -0.2) is 9.18 Å². The fourth-order valence-corrected chi connectivity index (χ4v) is 3.75. The Kier molecular flexibility index (Phi) is 7.09. The molecule has 172 valence electrons. The van der Waals surface area contributed by atoms with Gasteiger partial charge in [0.25, 0.3) is 0 Å². The fraction of sp³-hybridized carbons (Fsp3) is 0.333. The number of esters is 1. The Labute approximate surface area is 190 Å². The van der Waals surface area contributed by atoms with Gasteiger partial charge >= 0.3 is 5.97 Å². The number of rotatable bonds is 7. The number of hydrogen-bond donors (Lipinski definition) is 1. The number of likely N-dealkylation sites (tertiary alicyclic amines) is 1. The SMILES string of the molecule is CCOC(=O)c1ccc(NC(=O)CN2CCC(c3nnc(-c4ccc(F)cc4)o3)CC2)cc1. The molecule has 1 aromatic heterocycles. The number of piperidine rings is 1. The average molecular weight is 452 g/mol. The van der Waals surface area contributed by atoms with Crippen LogP contribution in [0.3, 0.4) is 0 Å². The molecule has 1 amide bonds. The lowest BCUT2D eigenvalue weighted by atomic mass is 9.97. The van der Waals surface area contributed by atoms with Crippen LogP contribution in [-0.4, -0.2) is 53.2 Å². The summed E-state index contributed by atoms with van der Waals surface area (Å²) >= 11 is 0. The van der Waals surface area contributed by atoms with E-state index in [4.69, 9.17) is 9.15 Å². The number of carbonyl (C=O) groups is 2.